The van der Waals surface area contributed by atoms with Crippen LogP contribution in [-0.4, -0.2) is 25.2 Å². The van der Waals surface area contributed by atoms with Crippen molar-refractivity contribution in [2.75, 3.05) is 19.1 Å². The highest BCUT2D eigenvalue weighted by atomic mass is 16.5. The zero-order valence-corrected chi connectivity index (χ0v) is 20.4. The zero-order valence-electron chi connectivity index (χ0n) is 20.4. The lowest BCUT2D eigenvalue weighted by molar-refractivity contribution is 0.0697. The molecule has 0 bridgehead atoms. The van der Waals surface area contributed by atoms with Gasteiger partial charge in [0.15, 0.2) is 0 Å². The molecule has 0 fully saturated rings. The van der Waals surface area contributed by atoms with Crippen LogP contribution in [0.1, 0.15) is 35.3 Å². The van der Waals surface area contributed by atoms with Crippen LogP contribution in [0.25, 0.3) is 0 Å². The number of allylic oxidation sites excluding steroid dienone is 1. The van der Waals surface area contributed by atoms with Crippen LogP contribution in [0.3, 0.4) is 0 Å². The Labute approximate surface area is 204 Å². The van der Waals surface area contributed by atoms with Crippen molar-refractivity contribution in [1.82, 2.24) is 0 Å². The van der Waals surface area contributed by atoms with Gasteiger partial charge in [-0.1, -0.05) is 20.4 Å². The molecule has 0 aromatic heterocycles. The molecule has 1 aliphatic rings. The molecule has 0 spiro atoms. The number of carboxylic acids is 1. The van der Waals surface area contributed by atoms with E-state index >= 15 is 0 Å². The molecule has 8 heteroatoms. The van der Waals surface area contributed by atoms with E-state index in [-0.39, 0.29) is 11.0 Å². The maximum Gasteiger partial charge on any atom is 0.335 e. The van der Waals surface area contributed by atoms with Crippen molar-refractivity contribution in [3.05, 3.63) is 83.6 Å². The molecule has 1 heterocycles. The SMILES string of the molecule is C=C1N(C)c2ccc(N=Nc3cc(C)c(N=Nc4ccc(C(=O)O)cc4)cc3OC)cc2C1(C)C. The van der Waals surface area contributed by atoms with Crippen LogP contribution >= 0.6 is 0 Å². The van der Waals surface area contributed by atoms with Crippen LogP contribution < -0.4 is 9.64 Å². The Morgan fingerprint density at radius 1 is 0.943 bits per heavy atom. The van der Waals surface area contributed by atoms with E-state index in [0.717, 1.165) is 28.2 Å². The summed E-state index contributed by atoms with van der Waals surface area (Å²) in [6.07, 6.45) is 0. The van der Waals surface area contributed by atoms with Crippen molar-refractivity contribution in [1.29, 1.82) is 0 Å². The number of aryl methyl sites for hydroxylation is 1. The number of hydrogen-bond donors (Lipinski definition) is 1. The lowest BCUT2D eigenvalue weighted by Gasteiger charge is -2.22. The molecule has 0 saturated carbocycles. The third-order valence-electron chi connectivity index (χ3n) is 6.30. The van der Waals surface area contributed by atoms with Crippen molar-refractivity contribution in [3.8, 4) is 5.75 Å². The first kappa shape index (κ1) is 23.8. The topological polar surface area (TPSA) is 99.2 Å². The van der Waals surface area contributed by atoms with Crippen molar-refractivity contribution in [3.63, 3.8) is 0 Å². The quantitative estimate of drug-likeness (QED) is 0.373. The molecule has 0 amide bonds. The van der Waals surface area contributed by atoms with Gasteiger partial charge in [0.05, 0.1) is 29.7 Å². The number of nitrogens with zero attached hydrogens (tertiary/aromatic N) is 5. The van der Waals surface area contributed by atoms with E-state index in [1.165, 1.54) is 12.1 Å². The molecule has 0 unspecified atom stereocenters. The molecule has 8 nitrogen and oxygen atoms in total. The number of methoxy groups -OCH3 is 1. The highest BCUT2D eigenvalue weighted by Crippen LogP contribution is 2.47. The molecule has 4 rings (SSSR count). The number of anilines is 1. The Kier molecular flexibility index (Phi) is 6.22. The number of azo groups is 2. The first-order valence-electron chi connectivity index (χ1n) is 11.0. The number of ether oxygens (including phenoxy) is 1. The van der Waals surface area contributed by atoms with Crippen LogP contribution in [0.4, 0.5) is 28.4 Å². The zero-order chi connectivity index (χ0) is 25.3. The number of rotatable bonds is 6. The minimum Gasteiger partial charge on any atom is -0.494 e. The van der Waals surface area contributed by atoms with E-state index in [4.69, 9.17) is 9.84 Å². The molecule has 178 valence electrons. The predicted molar refractivity (Wildman–Crippen MR) is 136 cm³/mol. The Morgan fingerprint density at radius 2 is 1.57 bits per heavy atom. The molecule has 35 heavy (non-hydrogen) atoms. The lowest BCUT2D eigenvalue weighted by atomic mass is 9.84. The monoisotopic (exact) mass is 469 g/mol. The second-order valence-electron chi connectivity index (χ2n) is 8.89. The van der Waals surface area contributed by atoms with Gasteiger partial charge < -0.3 is 14.7 Å². The molecule has 1 aliphatic heterocycles. The van der Waals surface area contributed by atoms with Crippen LogP contribution in [0.2, 0.25) is 0 Å². The smallest absolute Gasteiger partial charge is 0.335 e. The third-order valence-corrected chi connectivity index (χ3v) is 6.30. The second kappa shape index (κ2) is 9.13. The summed E-state index contributed by atoms with van der Waals surface area (Å²) in [7, 11) is 3.59. The van der Waals surface area contributed by atoms with E-state index in [1.54, 1.807) is 25.3 Å². The van der Waals surface area contributed by atoms with Crippen LogP contribution in [0.5, 0.6) is 5.75 Å². The Hall–Kier alpha value is -4.33. The Bertz CT molecular complexity index is 1370. The molecule has 0 atom stereocenters. The van der Waals surface area contributed by atoms with Crippen LogP contribution in [-0.2, 0) is 5.41 Å². The first-order chi connectivity index (χ1) is 16.6. The maximum absolute atomic E-state index is 11.0. The van der Waals surface area contributed by atoms with Gasteiger partial charge in [-0.3, -0.25) is 0 Å². The van der Waals surface area contributed by atoms with Gasteiger partial charge in [0.25, 0.3) is 0 Å². The lowest BCUT2D eigenvalue weighted by Crippen LogP contribution is -2.21. The van der Waals surface area contributed by atoms with Gasteiger partial charge in [0.2, 0.25) is 0 Å². The van der Waals surface area contributed by atoms with E-state index in [1.807, 2.05) is 38.2 Å². The first-order valence-corrected chi connectivity index (χ1v) is 11.0. The summed E-state index contributed by atoms with van der Waals surface area (Å²) in [5.74, 6) is -0.468. The summed E-state index contributed by atoms with van der Waals surface area (Å²) >= 11 is 0. The van der Waals surface area contributed by atoms with Crippen molar-refractivity contribution >= 4 is 34.4 Å². The molecule has 1 N–H and O–H groups in total. The number of hydrogen-bond acceptors (Lipinski definition) is 7. The number of aromatic carboxylic acids is 1. The largest absolute Gasteiger partial charge is 0.494 e. The van der Waals surface area contributed by atoms with Crippen LogP contribution in [0.15, 0.2) is 87.3 Å². The summed E-state index contributed by atoms with van der Waals surface area (Å²) in [6.45, 7) is 10.4. The van der Waals surface area contributed by atoms with E-state index in [0.29, 0.717) is 22.8 Å². The van der Waals surface area contributed by atoms with Crippen molar-refractivity contribution in [2.45, 2.75) is 26.2 Å². The summed E-state index contributed by atoms with van der Waals surface area (Å²) in [5.41, 5.74) is 6.68. The standard InChI is InChI=1S/C27H27N5O3/c1-16-13-23(31-29-20-11-12-24-21(14-20)27(3,4)17(2)32(24)5)25(35-6)15-22(16)30-28-19-9-7-18(8-10-19)26(33)34/h7-15H,2H2,1,3-6H3,(H,33,34). The van der Waals surface area contributed by atoms with Crippen molar-refractivity contribution in [2.24, 2.45) is 20.5 Å². The summed E-state index contributed by atoms with van der Waals surface area (Å²) in [4.78, 5) is 13.1. The number of fused-ring (bicyclic) bond motifs is 1. The van der Waals surface area contributed by atoms with Crippen molar-refractivity contribution < 1.29 is 14.6 Å². The van der Waals surface area contributed by atoms with Gasteiger partial charge in [-0.25, -0.2) is 4.79 Å². The number of carboxylic acid groups (broad SMARTS) is 1. The molecular weight excluding hydrogens is 442 g/mol. The fourth-order valence-corrected chi connectivity index (χ4v) is 4.00. The van der Waals surface area contributed by atoms with E-state index < -0.39 is 5.97 Å². The Balaban J connectivity index is 1.59. The number of likely N-dealkylation sites (N-methyl/N-ethyl adjacent to an activating group) is 1. The molecular formula is C27H27N5O3. The molecule has 0 saturated heterocycles. The molecule has 0 aliphatic carbocycles. The summed E-state index contributed by atoms with van der Waals surface area (Å²) < 4.78 is 5.52. The molecule has 3 aromatic rings. The fourth-order valence-electron chi connectivity index (χ4n) is 4.00. The summed E-state index contributed by atoms with van der Waals surface area (Å²) in [5, 5.41) is 26.4. The fraction of sp³-hybridized carbons (Fsp3) is 0.222. The van der Waals surface area contributed by atoms with Gasteiger partial charge in [-0.05, 0) is 66.6 Å². The minimum absolute atomic E-state index is 0.176. The molecule has 0 radical (unpaired) electrons. The van der Waals surface area contributed by atoms with Gasteiger partial charge in [0.1, 0.15) is 11.4 Å². The predicted octanol–water partition coefficient (Wildman–Crippen LogP) is 7.77. The Morgan fingerprint density at radius 3 is 2.23 bits per heavy atom. The molecule has 3 aromatic carbocycles. The highest BCUT2D eigenvalue weighted by Gasteiger charge is 2.37. The summed E-state index contributed by atoms with van der Waals surface area (Å²) in [6, 6.07) is 15.8. The minimum atomic E-state index is -0.986. The van der Waals surface area contributed by atoms with E-state index in [2.05, 4.69) is 45.8 Å². The van der Waals surface area contributed by atoms with Gasteiger partial charge in [-0.2, -0.15) is 15.3 Å². The second-order valence-corrected chi connectivity index (χ2v) is 8.89. The van der Waals surface area contributed by atoms with Gasteiger partial charge >= 0.3 is 5.97 Å². The number of benzene rings is 3. The third kappa shape index (κ3) is 4.55. The normalized spacial score (nSPS) is 14.7. The van der Waals surface area contributed by atoms with Crippen LogP contribution in [0, 0.1) is 6.92 Å². The van der Waals surface area contributed by atoms with Gasteiger partial charge in [0, 0.05) is 29.9 Å². The van der Waals surface area contributed by atoms with Gasteiger partial charge in [-0.15, -0.1) is 5.11 Å². The maximum atomic E-state index is 11.0. The average molecular weight is 470 g/mol. The van der Waals surface area contributed by atoms with E-state index in [9.17, 15) is 4.79 Å². The highest BCUT2D eigenvalue weighted by molar-refractivity contribution is 5.87. The number of carbonyl (C=O) groups is 1. The average Bonchev–Trinajstić information content (AvgIpc) is 3.02.